The highest BCUT2D eigenvalue weighted by Gasteiger charge is 2.38. The molecule has 2 atom stereocenters. The largest absolute Gasteiger partial charge is 0.389 e. The summed E-state index contributed by atoms with van der Waals surface area (Å²) in [6.45, 7) is -0.202. The molecule has 19 heavy (non-hydrogen) atoms. The SMILES string of the molecule is O=S(=O)(c1c[nH]c2ncccc12)N1CC(O)C(O)C1. The molecule has 0 aromatic carbocycles. The van der Waals surface area contributed by atoms with Gasteiger partial charge in [-0.2, -0.15) is 4.31 Å². The summed E-state index contributed by atoms with van der Waals surface area (Å²) in [5.41, 5.74) is 0.487. The molecule has 0 spiro atoms. The number of pyridine rings is 1. The lowest BCUT2D eigenvalue weighted by molar-refractivity contribution is 0.0572. The maximum Gasteiger partial charge on any atom is 0.245 e. The number of aliphatic hydroxyl groups excluding tert-OH is 2. The lowest BCUT2D eigenvalue weighted by Crippen LogP contribution is -2.29. The first-order valence-electron chi connectivity index (χ1n) is 5.78. The van der Waals surface area contributed by atoms with Gasteiger partial charge in [-0.1, -0.05) is 0 Å². The van der Waals surface area contributed by atoms with E-state index in [-0.39, 0.29) is 18.0 Å². The van der Waals surface area contributed by atoms with Gasteiger partial charge in [0.25, 0.3) is 0 Å². The van der Waals surface area contributed by atoms with E-state index in [9.17, 15) is 18.6 Å². The zero-order chi connectivity index (χ0) is 13.6. The number of rotatable bonds is 2. The van der Waals surface area contributed by atoms with Crippen LogP contribution in [0.3, 0.4) is 0 Å². The lowest BCUT2D eigenvalue weighted by Gasteiger charge is -2.14. The molecule has 3 N–H and O–H groups in total. The second kappa shape index (κ2) is 4.27. The fourth-order valence-corrected chi connectivity index (χ4v) is 3.84. The summed E-state index contributed by atoms with van der Waals surface area (Å²) in [6.07, 6.45) is 0.860. The zero-order valence-electron chi connectivity index (χ0n) is 9.89. The van der Waals surface area contributed by atoms with Crippen molar-refractivity contribution >= 4 is 21.1 Å². The van der Waals surface area contributed by atoms with Crippen LogP contribution in [0.15, 0.2) is 29.4 Å². The number of nitrogens with zero attached hydrogens (tertiary/aromatic N) is 2. The van der Waals surface area contributed by atoms with Gasteiger partial charge in [0.1, 0.15) is 10.5 Å². The number of nitrogens with one attached hydrogen (secondary N) is 1. The molecule has 2 unspecified atom stereocenters. The summed E-state index contributed by atoms with van der Waals surface area (Å²) < 4.78 is 26.0. The van der Waals surface area contributed by atoms with Crippen molar-refractivity contribution in [2.45, 2.75) is 17.1 Å². The van der Waals surface area contributed by atoms with E-state index in [2.05, 4.69) is 9.97 Å². The fourth-order valence-electron chi connectivity index (χ4n) is 2.21. The number of sulfonamides is 1. The first-order valence-corrected chi connectivity index (χ1v) is 7.22. The molecular formula is C11H13N3O4S. The first kappa shape index (κ1) is 12.5. The van der Waals surface area contributed by atoms with Gasteiger partial charge in [0.2, 0.25) is 10.0 Å². The predicted molar refractivity (Wildman–Crippen MR) is 66.9 cm³/mol. The van der Waals surface area contributed by atoms with E-state index in [1.54, 1.807) is 18.3 Å². The van der Waals surface area contributed by atoms with Gasteiger partial charge in [-0.3, -0.25) is 0 Å². The Morgan fingerprint density at radius 2 is 2.00 bits per heavy atom. The van der Waals surface area contributed by atoms with Gasteiger partial charge in [0, 0.05) is 30.9 Å². The predicted octanol–water partition coefficient (Wildman–Crippen LogP) is -0.711. The summed E-state index contributed by atoms with van der Waals surface area (Å²) in [5.74, 6) is 0. The van der Waals surface area contributed by atoms with Crippen LogP contribution in [-0.2, 0) is 10.0 Å². The second-order valence-corrected chi connectivity index (χ2v) is 6.42. The molecule has 102 valence electrons. The summed E-state index contributed by atoms with van der Waals surface area (Å²) in [6, 6.07) is 3.32. The van der Waals surface area contributed by atoms with Gasteiger partial charge in [-0.05, 0) is 12.1 Å². The van der Waals surface area contributed by atoms with E-state index in [0.717, 1.165) is 4.31 Å². The highest BCUT2D eigenvalue weighted by molar-refractivity contribution is 7.89. The molecule has 8 heteroatoms. The molecule has 1 aliphatic heterocycles. The third kappa shape index (κ3) is 1.93. The summed E-state index contributed by atoms with van der Waals surface area (Å²) in [5, 5.41) is 19.4. The van der Waals surface area contributed by atoms with Crippen molar-refractivity contribution in [2.75, 3.05) is 13.1 Å². The van der Waals surface area contributed by atoms with Crippen LogP contribution in [0.1, 0.15) is 0 Å². The minimum absolute atomic E-state index is 0.101. The van der Waals surface area contributed by atoms with Crippen molar-refractivity contribution in [3.63, 3.8) is 0 Å². The number of aliphatic hydroxyl groups is 2. The van der Waals surface area contributed by atoms with Crippen LogP contribution in [0, 0.1) is 0 Å². The van der Waals surface area contributed by atoms with Gasteiger partial charge in [0.15, 0.2) is 0 Å². The Labute approximate surface area is 109 Å². The molecule has 2 aromatic heterocycles. The molecule has 1 aliphatic rings. The van der Waals surface area contributed by atoms with Crippen LogP contribution in [-0.4, -0.2) is 58.2 Å². The highest BCUT2D eigenvalue weighted by atomic mass is 32.2. The lowest BCUT2D eigenvalue weighted by atomic mass is 10.3. The van der Waals surface area contributed by atoms with Crippen LogP contribution < -0.4 is 0 Å². The van der Waals surface area contributed by atoms with Crippen LogP contribution >= 0.6 is 0 Å². The maximum absolute atomic E-state index is 12.5. The van der Waals surface area contributed by atoms with Crippen LogP contribution in [0.25, 0.3) is 11.0 Å². The van der Waals surface area contributed by atoms with Crippen LogP contribution in [0.2, 0.25) is 0 Å². The molecule has 0 radical (unpaired) electrons. The number of hydrogen-bond acceptors (Lipinski definition) is 5. The van der Waals surface area contributed by atoms with Crippen LogP contribution in [0.5, 0.6) is 0 Å². The Hall–Kier alpha value is -1.48. The molecule has 0 aliphatic carbocycles. The third-order valence-corrected chi connectivity index (χ3v) is 5.13. The van der Waals surface area contributed by atoms with Crippen molar-refractivity contribution in [1.82, 2.24) is 14.3 Å². The second-order valence-electron chi connectivity index (χ2n) is 4.51. The number of hydrogen-bond donors (Lipinski definition) is 3. The average Bonchev–Trinajstić information content (AvgIpc) is 2.94. The van der Waals surface area contributed by atoms with Crippen LogP contribution in [0.4, 0.5) is 0 Å². The Balaban J connectivity index is 2.06. The molecule has 7 nitrogen and oxygen atoms in total. The van der Waals surface area contributed by atoms with Crippen molar-refractivity contribution in [2.24, 2.45) is 0 Å². The monoisotopic (exact) mass is 283 g/mol. The molecule has 2 aromatic rings. The Bertz CT molecular complexity index is 702. The maximum atomic E-state index is 12.5. The summed E-state index contributed by atoms with van der Waals surface area (Å²) >= 11 is 0. The number of H-pyrrole nitrogens is 1. The van der Waals surface area contributed by atoms with Gasteiger partial charge < -0.3 is 15.2 Å². The quantitative estimate of drug-likeness (QED) is 0.675. The molecule has 0 saturated carbocycles. The molecule has 0 amide bonds. The van der Waals surface area contributed by atoms with Gasteiger partial charge in [0.05, 0.1) is 12.2 Å². The van der Waals surface area contributed by atoms with Crippen molar-refractivity contribution in [3.05, 3.63) is 24.5 Å². The van der Waals surface area contributed by atoms with E-state index < -0.39 is 22.2 Å². The molecule has 3 rings (SSSR count). The number of aromatic amines is 1. The fraction of sp³-hybridized carbons (Fsp3) is 0.364. The Morgan fingerprint density at radius 3 is 2.68 bits per heavy atom. The topological polar surface area (TPSA) is 107 Å². The van der Waals surface area contributed by atoms with E-state index in [1.807, 2.05) is 0 Å². The first-order chi connectivity index (χ1) is 9.00. The molecular weight excluding hydrogens is 270 g/mol. The van der Waals surface area contributed by atoms with Crippen molar-refractivity contribution < 1.29 is 18.6 Å². The van der Waals surface area contributed by atoms with Crippen molar-refractivity contribution in [3.8, 4) is 0 Å². The molecule has 1 saturated heterocycles. The van der Waals surface area contributed by atoms with Gasteiger partial charge in [-0.25, -0.2) is 13.4 Å². The van der Waals surface area contributed by atoms with E-state index >= 15 is 0 Å². The molecule has 0 bridgehead atoms. The minimum Gasteiger partial charge on any atom is -0.389 e. The van der Waals surface area contributed by atoms with E-state index in [4.69, 9.17) is 0 Å². The normalized spacial score (nSPS) is 25.2. The standard InChI is InChI=1S/C11H13N3O4S/c15-8-5-14(6-9(8)16)19(17,18)10-4-13-11-7(10)2-1-3-12-11/h1-4,8-9,15-16H,5-6H2,(H,12,13). The Kier molecular flexibility index (Phi) is 2.82. The minimum atomic E-state index is -3.75. The smallest absolute Gasteiger partial charge is 0.245 e. The number of β-amino-alcohol motifs (C(OH)–C–C–N with tert-alkyl or cyclic N) is 2. The average molecular weight is 283 g/mol. The Morgan fingerprint density at radius 1 is 1.32 bits per heavy atom. The number of aromatic nitrogens is 2. The highest BCUT2D eigenvalue weighted by Crippen LogP contribution is 2.26. The van der Waals surface area contributed by atoms with Gasteiger partial charge >= 0.3 is 0 Å². The zero-order valence-corrected chi connectivity index (χ0v) is 10.7. The molecule has 1 fully saturated rings. The number of fused-ring (bicyclic) bond motifs is 1. The van der Waals surface area contributed by atoms with Gasteiger partial charge in [-0.15, -0.1) is 0 Å². The summed E-state index contributed by atoms with van der Waals surface area (Å²) in [4.78, 5) is 6.94. The van der Waals surface area contributed by atoms with E-state index in [0.29, 0.717) is 11.0 Å². The van der Waals surface area contributed by atoms with Crippen molar-refractivity contribution in [1.29, 1.82) is 0 Å². The molecule has 3 heterocycles. The van der Waals surface area contributed by atoms with E-state index in [1.165, 1.54) is 6.20 Å². The summed E-state index contributed by atoms with van der Waals surface area (Å²) in [7, 11) is -3.75. The third-order valence-electron chi connectivity index (χ3n) is 3.26.